The third-order valence-electron chi connectivity index (χ3n) is 2.61. The van der Waals surface area contributed by atoms with Gasteiger partial charge in [0.05, 0.1) is 11.0 Å². The number of aromatic nitrogens is 2. The van der Waals surface area contributed by atoms with Crippen LogP contribution in [-0.2, 0) is 11.3 Å². The van der Waals surface area contributed by atoms with Crippen molar-refractivity contribution in [2.24, 2.45) is 0 Å². The zero-order valence-electron chi connectivity index (χ0n) is 10.1. The molecule has 0 spiro atoms. The molecule has 0 saturated heterocycles. The summed E-state index contributed by atoms with van der Waals surface area (Å²) in [5.41, 5.74) is 6.84. The molecular weight excluding hydrogens is 235 g/mol. The first-order valence-corrected chi connectivity index (χ1v) is 5.79. The van der Waals surface area contributed by atoms with Crippen LogP contribution in [0, 0.1) is 5.82 Å². The summed E-state index contributed by atoms with van der Waals surface area (Å²) in [6.45, 7) is 2.63. The van der Waals surface area contributed by atoms with E-state index in [-0.39, 0.29) is 24.2 Å². The number of carbonyl (C=O) groups is 1. The molecule has 18 heavy (non-hydrogen) atoms. The van der Waals surface area contributed by atoms with Crippen molar-refractivity contribution < 1.29 is 9.18 Å². The maximum Gasteiger partial charge on any atom is 0.240 e. The minimum atomic E-state index is -0.377. The van der Waals surface area contributed by atoms with Crippen molar-refractivity contribution >= 4 is 22.9 Å². The molecule has 2 rings (SSSR count). The Morgan fingerprint density at radius 1 is 1.56 bits per heavy atom. The second kappa shape index (κ2) is 5.03. The molecule has 1 aromatic carbocycles. The second-order valence-electron chi connectivity index (χ2n) is 4.04. The fourth-order valence-corrected chi connectivity index (χ4v) is 1.74. The first-order valence-electron chi connectivity index (χ1n) is 5.79. The van der Waals surface area contributed by atoms with Crippen molar-refractivity contribution in [3.63, 3.8) is 0 Å². The van der Waals surface area contributed by atoms with Crippen LogP contribution in [-0.4, -0.2) is 22.0 Å². The number of nitrogens with two attached hydrogens (primary N) is 1. The number of nitrogen functional groups attached to an aromatic ring is 1. The predicted molar refractivity (Wildman–Crippen MR) is 67.4 cm³/mol. The van der Waals surface area contributed by atoms with Crippen LogP contribution < -0.4 is 11.1 Å². The van der Waals surface area contributed by atoms with E-state index in [1.54, 1.807) is 6.07 Å². The number of benzene rings is 1. The number of nitrogens with zero attached hydrogens (tertiary/aromatic N) is 2. The summed E-state index contributed by atoms with van der Waals surface area (Å²) in [6.07, 6.45) is 0.862. The molecule has 0 radical (unpaired) electrons. The van der Waals surface area contributed by atoms with E-state index in [0.29, 0.717) is 17.6 Å². The Labute approximate surface area is 104 Å². The van der Waals surface area contributed by atoms with Crippen molar-refractivity contribution in [3.05, 3.63) is 24.0 Å². The number of imidazole rings is 1. The van der Waals surface area contributed by atoms with E-state index in [4.69, 9.17) is 5.73 Å². The number of hydrogen-bond acceptors (Lipinski definition) is 3. The summed E-state index contributed by atoms with van der Waals surface area (Å²) in [7, 11) is 0. The van der Waals surface area contributed by atoms with Crippen LogP contribution >= 0.6 is 0 Å². The van der Waals surface area contributed by atoms with E-state index >= 15 is 0 Å². The van der Waals surface area contributed by atoms with Gasteiger partial charge in [-0.2, -0.15) is 0 Å². The Morgan fingerprint density at radius 3 is 3.06 bits per heavy atom. The average molecular weight is 250 g/mol. The van der Waals surface area contributed by atoms with Gasteiger partial charge in [0, 0.05) is 6.54 Å². The highest BCUT2D eigenvalue weighted by molar-refractivity contribution is 5.82. The smallest absolute Gasteiger partial charge is 0.240 e. The number of nitrogens with one attached hydrogen (secondary N) is 1. The monoisotopic (exact) mass is 250 g/mol. The predicted octanol–water partition coefficient (Wildman–Crippen LogP) is 1.28. The summed E-state index contributed by atoms with van der Waals surface area (Å²) in [5, 5.41) is 2.74. The van der Waals surface area contributed by atoms with E-state index in [9.17, 15) is 9.18 Å². The molecule has 0 fully saturated rings. The van der Waals surface area contributed by atoms with Gasteiger partial charge in [0.1, 0.15) is 12.4 Å². The molecule has 1 aromatic heterocycles. The molecule has 96 valence electrons. The van der Waals surface area contributed by atoms with Crippen LogP contribution in [0.1, 0.15) is 13.3 Å². The molecule has 5 nitrogen and oxygen atoms in total. The Balaban J connectivity index is 2.29. The highest BCUT2D eigenvalue weighted by Gasteiger charge is 2.11. The molecule has 0 aliphatic rings. The zero-order valence-corrected chi connectivity index (χ0v) is 10.1. The number of hydrogen-bond donors (Lipinski definition) is 2. The lowest BCUT2D eigenvalue weighted by molar-refractivity contribution is -0.121. The standard InChI is InChI=1S/C12H15FN4O/c1-2-5-15-11(18)7-17-10-6-8(13)3-4-9(10)16-12(17)14/h3-4,6H,2,5,7H2,1H3,(H2,14,16)(H,15,18). The summed E-state index contributed by atoms with van der Waals surface area (Å²) < 4.78 is 14.7. The molecule has 0 bridgehead atoms. The number of rotatable bonds is 4. The van der Waals surface area contributed by atoms with Gasteiger partial charge in [-0.25, -0.2) is 9.37 Å². The molecule has 0 atom stereocenters. The lowest BCUT2D eigenvalue weighted by Crippen LogP contribution is -2.28. The zero-order chi connectivity index (χ0) is 13.1. The molecule has 0 aliphatic heterocycles. The highest BCUT2D eigenvalue weighted by atomic mass is 19.1. The molecule has 3 N–H and O–H groups in total. The van der Waals surface area contributed by atoms with Gasteiger partial charge < -0.3 is 15.6 Å². The number of fused-ring (bicyclic) bond motifs is 1. The van der Waals surface area contributed by atoms with Crippen LogP contribution in [0.2, 0.25) is 0 Å². The molecule has 0 saturated carbocycles. The van der Waals surface area contributed by atoms with Gasteiger partial charge in [-0.1, -0.05) is 6.92 Å². The Kier molecular flexibility index (Phi) is 3.45. The molecule has 1 amide bonds. The van der Waals surface area contributed by atoms with Crippen LogP contribution in [0.4, 0.5) is 10.3 Å². The maximum atomic E-state index is 13.2. The number of carbonyl (C=O) groups excluding carboxylic acids is 1. The normalized spacial score (nSPS) is 10.8. The van der Waals surface area contributed by atoms with Crippen LogP contribution in [0.15, 0.2) is 18.2 Å². The molecule has 6 heteroatoms. The lowest BCUT2D eigenvalue weighted by atomic mass is 10.3. The van der Waals surface area contributed by atoms with Gasteiger partial charge in [-0.3, -0.25) is 4.79 Å². The van der Waals surface area contributed by atoms with Crippen molar-refractivity contribution in [2.45, 2.75) is 19.9 Å². The fourth-order valence-electron chi connectivity index (χ4n) is 1.74. The van der Waals surface area contributed by atoms with Crippen LogP contribution in [0.25, 0.3) is 11.0 Å². The minimum Gasteiger partial charge on any atom is -0.369 e. The third kappa shape index (κ3) is 2.42. The number of halogens is 1. The van der Waals surface area contributed by atoms with Crippen LogP contribution in [0.3, 0.4) is 0 Å². The van der Waals surface area contributed by atoms with Gasteiger partial charge in [0.25, 0.3) is 0 Å². The van der Waals surface area contributed by atoms with Gasteiger partial charge in [0.15, 0.2) is 0 Å². The molecule has 1 heterocycles. The van der Waals surface area contributed by atoms with Crippen molar-refractivity contribution in [1.82, 2.24) is 14.9 Å². The average Bonchev–Trinajstić information content (AvgIpc) is 2.63. The number of anilines is 1. The number of amides is 1. The van der Waals surface area contributed by atoms with E-state index < -0.39 is 0 Å². The van der Waals surface area contributed by atoms with E-state index in [1.165, 1.54) is 16.7 Å². The van der Waals surface area contributed by atoms with Gasteiger partial charge >= 0.3 is 0 Å². The highest BCUT2D eigenvalue weighted by Crippen LogP contribution is 2.18. The van der Waals surface area contributed by atoms with Crippen LogP contribution in [0.5, 0.6) is 0 Å². The largest absolute Gasteiger partial charge is 0.369 e. The summed E-state index contributed by atoms with van der Waals surface area (Å²) in [4.78, 5) is 15.7. The molecule has 2 aromatic rings. The van der Waals surface area contributed by atoms with E-state index in [0.717, 1.165) is 6.42 Å². The lowest BCUT2D eigenvalue weighted by Gasteiger charge is -2.07. The topological polar surface area (TPSA) is 72.9 Å². The van der Waals surface area contributed by atoms with Crippen molar-refractivity contribution in [1.29, 1.82) is 0 Å². The van der Waals surface area contributed by atoms with Crippen molar-refractivity contribution in [2.75, 3.05) is 12.3 Å². The minimum absolute atomic E-state index is 0.0474. The Hall–Kier alpha value is -2.11. The second-order valence-corrected chi connectivity index (χ2v) is 4.04. The molecule has 0 aliphatic carbocycles. The van der Waals surface area contributed by atoms with Gasteiger partial charge in [-0.15, -0.1) is 0 Å². The summed E-state index contributed by atoms with van der Waals surface area (Å²) >= 11 is 0. The Morgan fingerprint density at radius 2 is 2.33 bits per heavy atom. The Bertz CT molecular complexity index is 579. The molecule has 0 unspecified atom stereocenters. The fraction of sp³-hybridized carbons (Fsp3) is 0.333. The summed E-state index contributed by atoms with van der Waals surface area (Å²) in [6, 6.07) is 4.18. The van der Waals surface area contributed by atoms with E-state index in [1.807, 2.05) is 6.92 Å². The SMILES string of the molecule is CCCNC(=O)Cn1c(N)nc2ccc(F)cc21. The maximum absolute atomic E-state index is 13.2. The molecular formula is C12H15FN4O. The quantitative estimate of drug-likeness (QED) is 0.858. The third-order valence-corrected chi connectivity index (χ3v) is 2.61. The van der Waals surface area contributed by atoms with Crippen molar-refractivity contribution in [3.8, 4) is 0 Å². The van der Waals surface area contributed by atoms with E-state index in [2.05, 4.69) is 10.3 Å². The van der Waals surface area contributed by atoms with Gasteiger partial charge in [-0.05, 0) is 24.6 Å². The first-order chi connectivity index (χ1) is 8.61. The first kappa shape index (κ1) is 12.3. The van der Waals surface area contributed by atoms with Gasteiger partial charge in [0.2, 0.25) is 11.9 Å². The summed E-state index contributed by atoms with van der Waals surface area (Å²) in [5.74, 6) is -0.327.